The number of ether oxygens (including phenoxy) is 1. The number of anilines is 1. The molecule has 0 radical (unpaired) electrons. The zero-order valence-electron chi connectivity index (χ0n) is 20.7. The molecule has 0 bridgehead atoms. The van der Waals surface area contributed by atoms with Crippen LogP contribution in [0.25, 0.3) is 0 Å². The molecule has 1 aliphatic heterocycles. The minimum absolute atomic E-state index is 0.0201. The van der Waals surface area contributed by atoms with Crippen LogP contribution in [0.2, 0.25) is 0 Å². The van der Waals surface area contributed by atoms with Gasteiger partial charge in [0.1, 0.15) is 5.75 Å². The highest BCUT2D eigenvalue weighted by Crippen LogP contribution is 2.43. The van der Waals surface area contributed by atoms with Crippen molar-refractivity contribution in [3.63, 3.8) is 0 Å². The third-order valence-corrected chi connectivity index (χ3v) is 6.19. The molecule has 2 unspecified atom stereocenters. The van der Waals surface area contributed by atoms with Crippen LogP contribution in [0.3, 0.4) is 0 Å². The van der Waals surface area contributed by atoms with Crippen molar-refractivity contribution in [1.82, 2.24) is 10.2 Å². The number of rotatable bonds is 8. The molecule has 1 saturated heterocycles. The second kappa shape index (κ2) is 10.4. The fraction of sp³-hybridized carbons (Fsp3) is 0.481. The van der Waals surface area contributed by atoms with Gasteiger partial charge in [0.2, 0.25) is 11.8 Å². The van der Waals surface area contributed by atoms with E-state index >= 15 is 0 Å². The first-order valence-corrected chi connectivity index (χ1v) is 11.6. The van der Waals surface area contributed by atoms with Gasteiger partial charge >= 0.3 is 0 Å². The number of carbonyl (C=O) groups is 2. The number of carbonyl (C=O) groups excluding carboxylic acids is 2. The van der Waals surface area contributed by atoms with Crippen LogP contribution >= 0.6 is 0 Å². The summed E-state index contributed by atoms with van der Waals surface area (Å²) in [5, 5.41) is 3.19. The zero-order valence-corrected chi connectivity index (χ0v) is 20.7. The largest absolute Gasteiger partial charge is 0.496 e. The van der Waals surface area contributed by atoms with Gasteiger partial charge in [0.15, 0.2) is 0 Å². The van der Waals surface area contributed by atoms with E-state index in [0.29, 0.717) is 25.1 Å². The van der Waals surface area contributed by atoms with Crippen LogP contribution in [0.1, 0.15) is 43.9 Å². The van der Waals surface area contributed by atoms with Crippen molar-refractivity contribution in [2.24, 2.45) is 11.3 Å². The summed E-state index contributed by atoms with van der Waals surface area (Å²) in [6.45, 7) is 7.74. The van der Waals surface area contributed by atoms with E-state index in [1.165, 1.54) is 0 Å². The fourth-order valence-corrected chi connectivity index (χ4v) is 4.81. The minimum Gasteiger partial charge on any atom is -0.496 e. The van der Waals surface area contributed by atoms with Gasteiger partial charge in [0.25, 0.3) is 0 Å². The van der Waals surface area contributed by atoms with Crippen molar-refractivity contribution in [3.8, 4) is 5.75 Å². The normalized spacial score (nSPS) is 19.0. The molecule has 6 nitrogen and oxygen atoms in total. The van der Waals surface area contributed by atoms with Crippen LogP contribution in [0.4, 0.5) is 5.69 Å². The van der Waals surface area contributed by atoms with E-state index in [0.717, 1.165) is 23.4 Å². The predicted molar refractivity (Wildman–Crippen MR) is 132 cm³/mol. The number of aryl methyl sites for hydroxylation is 1. The van der Waals surface area contributed by atoms with E-state index in [2.05, 4.69) is 24.1 Å². The molecule has 0 aliphatic carbocycles. The van der Waals surface area contributed by atoms with Crippen LogP contribution in [-0.2, 0) is 9.59 Å². The number of nitrogens with zero attached hydrogens (tertiary/aromatic N) is 2. The molecule has 2 aromatic carbocycles. The van der Waals surface area contributed by atoms with Gasteiger partial charge in [-0.3, -0.25) is 9.59 Å². The molecule has 2 amide bonds. The van der Waals surface area contributed by atoms with Crippen LogP contribution in [0, 0.1) is 18.3 Å². The number of benzene rings is 2. The van der Waals surface area contributed by atoms with Gasteiger partial charge in [-0.15, -0.1) is 0 Å². The summed E-state index contributed by atoms with van der Waals surface area (Å²) in [4.78, 5) is 30.7. The van der Waals surface area contributed by atoms with Crippen molar-refractivity contribution < 1.29 is 14.3 Å². The average Bonchev–Trinajstić information content (AvgIpc) is 2.77. The molecule has 0 spiro atoms. The highest BCUT2D eigenvalue weighted by Gasteiger charge is 2.42. The van der Waals surface area contributed by atoms with Gasteiger partial charge in [0.05, 0.1) is 19.1 Å². The number of hydrogen-bond acceptors (Lipinski definition) is 4. The van der Waals surface area contributed by atoms with E-state index in [1.807, 2.05) is 69.6 Å². The molecular weight excluding hydrogens is 414 g/mol. The Morgan fingerprint density at radius 1 is 1.15 bits per heavy atom. The Balaban J connectivity index is 1.98. The highest BCUT2D eigenvalue weighted by molar-refractivity contribution is 5.97. The number of piperidine rings is 1. The lowest BCUT2D eigenvalue weighted by Crippen LogP contribution is -2.50. The summed E-state index contributed by atoms with van der Waals surface area (Å²) in [6, 6.07) is 15.1. The average molecular weight is 452 g/mol. The second-order valence-corrected chi connectivity index (χ2v) is 10.1. The van der Waals surface area contributed by atoms with Crippen molar-refractivity contribution in [2.75, 3.05) is 39.2 Å². The zero-order chi connectivity index (χ0) is 24.2. The van der Waals surface area contributed by atoms with Gasteiger partial charge in [0, 0.05) is 30.8 Å². The van der Waals surface area contributed by atoms with Crippen LogP contribution in [-0.4, -0.2) is 51.0 Å². The van der Waals surface area contributed by atoms with E-state index in [4.69, 9.17) is 4.74 Å². The first-order valence-electron chi connectivity index (χ1n) is 11.6. The van der Waals surface area contributed by atoms with Crippen molar-refractivity contribution in [1.29, 1.82) is 0 Å². The van der Waals surface area contributed by atoms with Crippen LogP contribution in [0.5, 0.6) is 5.75 Å². The maximum atomic E-state index is 13.5. The molecule has 0 saturated carbocycles. The van der Waals surface area contributed by atoms with Crippen molar-refractivity contribution >= 4 is 17.5 Å². The number of nitrogens with one attached hydrogen (secondary N) is 1. The summed E-state index contributed by atoms with van der Waals surface area (Å²) in [6.07, 6.45) is 0.836. The van der Waals surface area contributed by atoms with Crippen LogP contribution in [0.15, 0.2) is 48.5 Å². The van der Waals surface area contributed by atoms with Gasteiger partial charge in [-0.05, 0) is 51.1 Å². The Bertz CT molecular complexity index is 969. The van der Waals surface area contributed by atoms with Crippen molar-refractivity contribution in [2.45, 2.75) is 39.7 Å². The van der Waals surface area contributed by atoms with Gasteiger partial charge in [-0.25, -0.2) is 0 Å². The molecule has 6 heteroatoms. The van der Waals surface area contributed by atoms with Gasteiger partial charge in [-0.2, -0.15) is 0 Å². The van der Waals surface area contributed by atoms with Gasteiger partial charge < -0.3 is 19.9 Å². The minimum atomic E-state index is -0.443. The Morgan fingerprint density at radius 3 is 2.45 bits per heavy atom. The Labute approximate surface area is 197 Å². The first-order chi connectivity index (χ1) is 15.6. The smallest absolute Gasteiger partial charge is 0.227 e. The maximum Gasteiger partial charge on any atom is 0.227 e. The van der Waals surface area contributed by atoms with Crippen molar-refractivity contribution in [3.05, 3.63) is 59.7 Å². The number of hydrogen-bond donors (Lipinski definition) is 1. The lowest BCUT2D eigenvalue weighted by atomic mass is 9.82. The summed E-state index contributed by atoms with van der Waals surface area (Å²) in [5.74, 6) is 0.296. The number of para-hydroxylation sites is 1. The molecule has 1 N–H and O–H groups in total. The SMILES string of the molecule is COc1ccccc1C1C(C(=O)NCC(C)(C)CN(C)C)CCC(=O)N1c1ccc(C)cc1. The molecule has 1 fully saturated rings. The van der Waals surface area contributed by atoms with E-state index < -0.39 is 6.04 Å². The number of amides is 2. The van der Waals surface area contributed by atoms with E-state index in [1.54, 1.807) is 12.0 Å². The molecule has 2 aromatic rings. The molecular formula is C27H37N3O3. The third kappa shape index (κ3) is 5.93. The Morgan fingerprint density at radius 2 is 1.82 bits per heavy atom. The molecule has 1 aliphatic rings. The lowest BCUT2D eigenvalue weighted by molar-refractivity contribution is -0.129. The third-order valence-electron chi connectivity index (χ3n) is 6.19. The molecule has 3 rings (SSSR count). The summed E-state index contributed by atoms with van der Waals surface area (Å²) >= 11 is 0. The van der Waals surface area contributed by atoms with E-state index in [9.17, 15) is 9.59 Å². The van der Waals surface area contributed by atoms with E-state index in [-0.39, 0.29) is 23.1 Å². The van der Waals surface area contributed by atoms with Crippen LogP contribution < -0.4 is 15.0 Å². The summed E-state index contributed by atoms with van der Waals surface area (Å²) in [5.41, 5.74) is 2.70. The Kier molecular flexibility index (Phi) is 7.80. The summed E-state index contributed by atoms with van der Waals surface area (Å²) in [7, 11) is 5.69. The molecule has 1 heterocycles. The standard InChI is InChI=1S/C27H37N3O3/c1-19-11-13-20(14-12-19)30-24(31)16-15-22(25(30)21-9-7-8-10-23(21)33-6)26(32)28-17-27(2,3)18-29(4)5/h7-14,22,25H,15-18H2,1-6H3,(H,28,32). The topological polar surface area (TPSA) is 61.9 Å². The molecule has 178 valence electrons. The quantitative estimate of drug-likeness (QED) is 0.654. The summed E-state index contributed by atoms with van der Waals surface area (Å²) < 4.78 is 5.65. The van der Waals surface area contributed by atoms with Gasteiger partial charge in [-0.1, -0.05) is 49.7 Å². The number of methoxy groups -OCH3 is 1. The molecule has 33 heavy (non-hydrogen) atoms. The maximum absolute atomic E-state index is 13.5. The molecule has 2 atom stereocenters. The fourth-order valence-electron chi connectivity index (χ4n) is 4.81. The lowest BCUT2D eigenvalue weighted by Gasteiger charge is -2.41. The highest BCUT2D eigenvalue weighted by atomic mass is 16.5. The first kappa shape index (κ1) is 24.8. The molecule has 0 aromatic heterocycles. The predicted octanol–water partition coefficient (Wildman–Crippen LogP) is 4.19. The second-order valence-electron chi connectivity index (χ2n) is 10.1. The Hall–Kier alpha value is -2.86. The monoisotopic (exact) mass is 451 g/mol.